The zero-order chi connectivity index (χ0) is 17.5. The van der Waals surface area contributed by atoms with Crippen LogP contribution in [-0.4, -0.2) is 60.5 Å². The van der Waals surface area contributed by atoms with Crippen LogP contribution in [0.15, 0.2) is 36.9 Å². The van der Waals surface area contributed by atoms with Crippen molar-refractivity contribution >= 4 is 5.78 Å². The van der Waals surface area contributed by atoms with E-state index >= 15 is 0 Å². The minimum absolute atomic E-state index is 0.139. The van der Waals surface area contributed by atoms with Gasteiger partial charge in [0.1, 0.15) is 0 Å². The second-order valence-corrected chi connectivity index (χ2v) is 6.26. The minimum atomic E-state index is -0.531. The second-order valence-electron chi connectivity index (χ2n) is 6.26. The molecule has 4 heteroatoms. The van der Waals surface area contributed by atoms with Crippen molar-refractivity contribution in [2.24, 2.45) is 0 Å². The number of hydrogen-bond acceptors (Lipinski definition) is 4. The standard InChI is InChI=1S/C19H30N2O2/c1-6-12-19(7-2,20(3)4)18(23)17-10-8-16(9-11-17)15-21(5)13-14-22/h6,8-11,22H,1,7,12-15H2,2-5H3. The molecule has 0 saturated heterocycles. The summed E-state index contributed by atoms with van der Waals surface area (Å²) >= 11 is 0. The lowest BCUT2D eigenvalue weighted by Gasteiger charge is -2.37. The van der Waals surface area contributed by atoms with Crippen LogP contribution in [0, 0.1) is 0 Å². The molecule has 1 atom stereocenters. The maximum Gasteiger partial charge on any atom is 0.183 e. The molecule has 1 N–H and O–H groups in total. The van der Waals surface area contributed by atoms with Gasteiger partial charge in [0.2, 0.25) is 0 Å². The lowest BCUT2D eigenvalue weighted by molar-refractivity contribution is 0.0673. The van der Waals surface area contributed by atoms with Gasteiger partial charge in [-0.2, -0.15) is 0 Å². The fourth-order valence-corrected chi connectivity index (χ4v) is 2.93. The van der Waals surface area contributed by atoms with E-state index in [9.17, 15) is 4.79 Å². The summed E-state index contributed by atoms with van der Waals surface area (Å²) in [7, 11) is 5.86. The van der Waals surface area contributed by atoms with E-state index in [0.717, 1.165) is 24.1 Å². The topological polar surface area (TPSA) is 43.8 Å². The average molecular weight is 318 g/mol. The Hall–Kier alpha value is -1.49. The Labute approximate surface area is 140 Å². The van der Waals surface area contributed by atoms with Gasteiger partial charge in [0, 0.05) is 18.7 Å². The van der Waals surface area contributed by atoms with Gasteiger partial charge in [-0.25, -0.2) is 0 Å². The van der Waals surface area contributed by atoms with Crippen LogP contribution in [0.4, 0.5) is 0 Å². The van der Waals surface area contributed by atoms with E-state index in [1.807, 2.05) is 68.2 Å². The van der Waals surface area contributed by atoms with E-state index < -0.39 is 5.54 Å². The highest BCUT2D eigenvalue weighted by molar-refractivity contribution is 6.03. The third-order valence-corrected chi connectivity index (χ3v) is 4.50. The van der Waals surface area contributed by atoms with Crippen LogP contribution < -0.4 is 0 Å². The van der Waals surface area contributed by atoms with Crippen molar-refractivity contribution in [3.63, 3.8) is 0 Å². The lowest BCUT2D eigenvalue weighted by Crippen LogP contribution is -2.50. The quantitative estimate of drug-likeness (QED) is 0.532. The maximum absolute atomic E-state index is 13.0. The molecule has 0 aliphatic carbocycles. The van der Waals surface area contributed by atoms with Gasteiger partial charge in [-0.1, -0.05) is 37.3 Å². The summed E-state index contributed by atoms with van der Waals surface area (Å²) in [4.78, 5) is 17.1. The summed E-state index contributed by atoms with van der Waals surface area (Å²) < 4.78 is 0. The van der Waals surface area contributed by atoms with E-state index in [1.165, 1.54) is 0 Å². The van der Waals surface area contributed by atoms with Crippen LogP contribution in [0.1, 0.15) is 35.7 Å². The van der Waals surface area contributed by atoms with Crippen molar-refractivity contribution in [1.29, 1.82) is 0 Å². The molecule has 1 aromatic rings. The van der Waals surface area contributed by atoms with Gasteiger partial charge in [-0.05, 0) is 39.5 Å². The first-order valence-corrected chi connectivity index (χ1v) is 8.12. The van der Waals surface area contributed by atoms with Crippen molar-refractivity contribution < 1.29 is 9.90 Å². The van der Waals surface area contributed by atoms with Crippen LogP contribution in [0.2, 0.25) is 0 Å². The Morgan fingerprint density at radius 1 is 1.26 bits per heavy atom. The summed E-state index contributed by atoms with van der Waals surface area (Å²) in [5.41, 5.74) is 1.33. The van der Waals surface area contributed by atoms with Crippen LogP contribution in [0.3, 0.4) is 0 Å². The number of hydrogen-bond donors (Lipinski definition) is 1. The molecule has 0 spiro atoms. The number of Topliss-reactive ketones (excluding diaryl/α,β-unsaturated/α-hetero) is 1. The number of carbonyl (C=O) groups is 1. The summed E-state index contributed by atoms with van der Waals surface area (Å²) in [5.74, 6) is 0.139. The summed E-state index contributed by atoms with van der Waals surface area (Å²) in [6, 6.07) is 7.79. The number of aliphatic hydroxyl groups excluding tert-OH is 1. The monoisotopic (exact) mass is 318 g/mol. The number of aliphatic hydroxyl groups is 1. The van der Waals surface area contributed by atoms with Gasteiger partial charge in [-0.3, -0.25) is 14.6 Å². The summed E-state index contributed by atoms with van der Waals surface area (Å²) in [6.45, 7) is 7.40. The predicted molar refractivity (Wildman–Crippen MR) is 95.7 cm³/mol. The molecule has 1 aromatic carbocycles. The first kappa shape index (κ1) is 19.6. The molecule has 0 aliphatic heterocycles. The number of nitrogens with zero attached hydrogens (tertiary/aromatic N) is 2. The smallest absolute Gasteiger partial charge is 0.183 e. The molecule has 0 radical (unpaired) electrons. The average Bonchev–Trinajstić information content (AvgIpc) is 2.52. The van der Waals surface area contributed by atoms with Crippen LogP contribution in [-0.2, 0) is 6.54 Å². The van der Waals surface area contributed by atoms with Gasteiger partial charge in [0.25, 0.3) is 0 Å². The molecule has 128 valence electrons. The zero-order valence-corrected chi connectivity index (χ0v) is 14.9. The fraction of sp³-hybridized carbons (Fsp3) is 0.526. The fourth-order valence-electron chi connectivity index (χ4n) is 2.93. The molecule has 0 aromatic heterocycles. The van der Waals surface area contributed by atoms with Crippen molar-refractivity contribution in [1.82, 2.24) is 9.80 Å². The van der Waals surface area contributed by atoms with E-state index in [0.29, 0.717) is 13.0 Å². The van der Waals surface area contributed by atoms with E-state index in [1.54, 1.807) is 0 Å². The molecular weight excluding hydrogens is 288 g/mol. The molecule has 0 aliphatic rings. The summed E-state index contributed by atoms with van der Waals surface area (Å²) in [6.07, 6.45) is 3.20. The number of likely N-dealkylation sites (N-methyl/N-ethyl adjacent to an activating group) is 2. The first-order chi connectivity index (χ1) is 10.9. The van der Waals surface area contributed by atoms with Crippen LogP contribution in [0.5, 0.6) is 0 Å². The third-order valence-electron chi connectivity index (χ3n) is 4.50. The Morgan fingerprint density at radius 2 is 1.87 bits per heavy atom. The molecule has 0 saturated carbocycles. The van der Waals surface area contributed by atoms with Crippen molar-refractivity contribution in [3.05, 3.63) is 48.0 Å². The molecule has 4 nitrogen and oxygen atoms in total. The second kappa shape index (κ2) is 8.96. The van der Waals surface area contributed by atoms with Crippen LogP contribution >= 0.6 is 0 Å². The Balaban J connectivity index is 2.97. The highest BCUT2D eigenvalue weighted by atomic mass is 16.3. The number of ketones is 1. The molecule has 0 fully saturated rings. The zero-order valence-electron chi connectivity index (χ0n) is 14.9. The molecule has 1 unspecified atom stereocenters. The van der Waals surface area contributed by atoms with Gasteiger partial charge in [0.15, 0.2) is 5.78 Å². The molecule has 0 heterocycles. The van der Waals surface area contributed by atoms with E-state index in [4.69, 9.17) is 5.11 Å². The molecule has 1 rings (SSSR count). The van der Waals surface area contributed by atoms with Gasteiger partial charge < -0.3 is 5.11 Å². The van der Waals surface area contributed by atoms with Crippen LogP contribution in [0.25, 0.3) is 0 Å². The number of carbonyl (C=O) groups excluding carboxylic acids is 1. The molecule has 0 bridgehead atoms. The predicted octanol–water partition coefficient (Wildman–Crippen LogP) is 2.58. The Morgan fingerprint density at radius 3 is 2.30 bits per heavy atom. The number of rotatable bonds is 10. The van der Waals surface area contributed by atoms with Crippen molar-refractivity contribution in [2.45, 2.75) is 31.8 Å². The Bertz CT molecular complexity index is 511. The normalized spacial score (nSPS) is 14.0. The molecule has 0 amide bonds. The van der Waals surface area contributed by atoms with E-state index in [2.05, 4.69) is 6.58 Å². The van der Waals surface area contributed by atoms with E-state index in [-0.39, 0.29) is 12.4 Å². The highest BCUT2D eigenvalue weighted by Crippen LogP contribution is 2.27. The summed E-state index contributed by atoms with van der Waals surface area (Å²) in [5, 5.41) is 8.95. The number of benzene rings is 1. The maximum atomic E-state index is 13.0. The van der Waals surface area contributed by atoms with Gasteiger partial charge >= 0.3 is 0 Å². The SMILES string of the molecule is C=CCC(CC)(C(=O)c1ccc(CN(C)CCO)cc1)N(C)C. The molecule has 23 heavy (non-hydrogen) atoms. The third kappa shape index (κ3) is 4.74. The van der Waals surface area contributed by atoms with Gasteiger partial charge in [-0.15, -0.1) is 6.58 Å². The van der Waals surface area contributed by atoms with Gasteiger partial charge in [0.05, 0.1) is 12.1 Å². The lowest BCUT2D eigenvalue weighted by atomic mass is 9.82. The largest absolute Gasteiger partial charge is 0.395 e. The van der Waals surface area contributed by atoms with Crippen molar-refractivity contribution in [3.8, 4) is 0 Å². The minimum Gasteiger partial charge on any atom is -0.395 e. The Kier molecular flexibility index (Phi) is 7.62. The first-order valence-electron chi connectivity index (χ1n) is 8.12. The highest BCUT2D eigenvalue weighted by Gasteiger charge is 2.38. The van der Waals surface area contributed by atoms with Crippen molar-refractivity contribution in [2.75, 3.05) is 34.3 Å². The molecular formula is C19H30N2O2.